The number of esters is 2. The van der Waals surface area contributed by atoms with E-state index in [4.69, 9.17) is 18.9 Å². The molecule has 0 aromatic heterocycles. The zero-order valence-corrected chi connectivity index (χ0v) is 25.3. The topological polar surface area (TPSA) is 112 Å². The maximum absolute atomic E-state index is 13.0. The molecule has 0 atom stereocenters. The molecule has 0 saturated heterocycles. The molecule has 226 valence electrons. The number of methoxy groups -OCH3 is 2. The van der Waals surface area contributed by atoms with Crippen LogP contribution in [0.3, 0.4) is 0 Å². The van der Waals surface area contributed by atoms with Crippen LogP contribution in [0.25, 0.3) is 11.1 Å². The Morgan fingerprint density at radius 2 is 1.52 bits per heavy atom. The zero-order chi connectivity index (χ0) is 31.4. The van der Waals surface area contributed by atoms with Crippen molar-refractivity contribution in [3.05, 3.63) is 101 Å². The summed E-state index contributed by atoms with van der Waals surface area (Å²) in [7, 11) is 3.09. The Morgan fingerprint density at radius 3 is 2.23 bits per heavy atom. The fourth-order valence-corrected chi connectivity index (χ4v) is 5.05. The lowest BCUT2D eigenvalue weighted by atomic mass is 9.91. The van der Waals surface area contributed by atoms with Crippen molar-refractivity contribution in [2.45, 2.75) is 32.7 Å². The van der Waals surface area contributed by atoms with Crippen molar-refractivity contribution >= 4 is 29.2 Å². The number of amides is 1. The quantitative estimate of drug-likeness (QED) is 0.168. The van der Waals surface area contributed by atoms with Crippen LogP contribution in [0.15, 0.2) is 78.9 Å². The van der Waals surface area contributed by atoms with E-state index in [0.717, 1.165) is 22.4 Å². The largest absolute Gasteiger partial charge is 0.497 e. The van der Waals surface area contributed by atoms with Crippen LogP contribution in [-0.2, 0) is 16.0 Å². The fraction of sp³-hybridized carbons (Fsp3) is 0.229. The minimum atomic E-state index is -0.813. The Morgan fingerprint density at radius 1 is 0.818 bits per heavy atom. The molecule has 9 nitrogen and oxygen atoms in total. The lowest BCUT2D eigenvalue weighted by Gasteiger charge is -2.34. The predicted molar refractivity (Wildman–Crippen MR) is 168 cm³/mol. The predicted octanol–water partition coefficient (Wildman–Crippen LogP) is 6.44. The number of nitrogens with one attached hydrogen (secondary N) is 2. The summed E-state index contributed by atoms with van der Waals surface area (Å²) in [4.78, 5) is 38.6. The van der Waals surface area contributed by atoms with Crippen molar-refractivity contribution in [3.8, 4) is 28.4 Å². The van der Waals surface area contributed by atoms with E-state index >= 15 is 0 Å². The van der Waals surface area contributed by atoms with Crippen LogP contribution in [-0.4, -0.2) is 44.2 Å². The van der Waals surface area contributed by atoms with Crippen molar-refractivity contribution in [2.24, 2.45) is 0 Å². The highest BCUT2D eigenvalue weighted by Gasteiger charge is 2.34. The monoisotopic (exact) mass is 594 g/mol. The molecule has 1 aliphatic heterocycles. The molecule has 0 spiro atoms. The molecule has 0 unspecified atom stereocenters. The minimum Gasteiger partial charge on any atom is -0.497 e. The SMILES string of the molecule is COc1ccc(C(=O)OCCc2c(-c3ccc(OC(=O)c4ccccc4C)cc3OC)ccc3c2NC(=O)C(C)(C)N3)cc1. The molecular weight excluding hydrogens is 560 g/mol. The van der Waals surface area contributed by atoms with Crippen LogP contribution in [0.2, 0.25) is 0 Å². The van der Waals surface area contributed by atoms with Crippen LogP contribution < -0.4 is 24.8 Å². The van der Waals surface area contributed by atoms with Gasteiger partial charge in [0.1, 0.15) is 22.8 Å². The summed E-state index contributed by atoms with van der Waals surface area (Å²) in [5.41, 5.74) is 4.45. The summed E-state index contributed by atoms with van der Waals surface area (Å²) in [6, 6.07) is 22.8. The van der Waals surface area contributed by atoms with Gasteiger partial charge in [-0.25, -0.2) is 9.59 Å². The van der Waals surface area contributed by atoms with Crippen molar-refractivity contribution in [2.75, 3.05) is 31.5 Å². The van der Waals surface area contributed by atoms with Gasteiger partial charge in [0.05, 0.1) is 43.3 Å². The highest BCUT2D eigenvalue weighted by molar-refractivity contribution is 6.07. The van der Waals surface area contributed by atoms with Gasteiger partial charge in [0.25, 0.3) is 0 Å². The molecule has 4 aromatic carbocycles. The molecule has 1 heterocycles. The number of hydrogen-bond donors (Lipinski definition) is 2. The van der Waals surface area contributed by atoms with Crippen molar-refractivity contribution in [3.63, 3.8) is 0 Å². The van der Waals surface area contributed by atoms with E-state index in [9.17, 15) is 14.4 Å². The molecule has 0 saturated carbocycles. The van der Waals surface area contributed by atoms with Crippen LogP contribution in [0.4, 0.5) is 11.4 Å². The number of ether oxygens (including phenoxy) is 4. The van der Waals surface area contributed by atoms with Gasteiger partial charge in [-0.2, -0.15) is 0 Å². The summed E-state index contributed by atoms with van der Waals surface area (Å²) in [5, 5.41) is 6.34. The summed E-state index contributed by atoms with van der Waals surface area (Å²) in [6.45, 7) is 5.51. The standard InChI is InChI=1S/C35H34N2O7/c1-21-8-6-7-9-25(21)33(39)44-24-14-15-27(30(20-24)42-5)26-16-17-29-31(36-34(40)35(2,3)37-29)28(26)18-19-43-32(38)22-10-12-23(41-4)13-11-22/h6-17,20,37H,18-19H2,1-5H3,(H,36,40). The Bertz CT molecular complexity index is 1730. The van der Waals surface area contributed by atoms with Crippen LogP contribution >= 0.6 is 0 Å². The number of benzene rings is 4. The lowest BCUT2D eigenvalue weighted by Crippen LogP contribution is -2.47. The van der Waals surface area contributed by atoms with E-state index in [0.29, 0.717) is 46.0 Å². The number of aryl methyl sites for hydroxylation is 1. The molecule has 0 aliphatic carbocycles. The van der Waals surface area contributed by atoms with Gasteiger partial charge in [0, 0.05) is 18.1 Å². The third kappa shape index (κ3) is 6.22. The van der Waals surface area contributed by atoms with E-state index in [-0.39, 0.29) is 12.5 Å². The van der Waals surface area contributed by atoms with Gasteiger partial charge in [-0.15, -0.1) is 0 Å². The van der Waals surface area contributed by atoms with E-state index in [2.05, 4.69) is 10.6 Å². The number of carbonyl (C=O) groups excluding carboxylic acids is 3. The number of rotatable bonds is 9. The molecule has 5 rings (SSSR count). The summed E-state index contributed by atoms with van der Waals surface area (Å²) in [6.07, 6.45) is 0.302. The second-order valence-electron chi connectivity index (χ2n) is 10.9. The van der Waals surface area contributed by atoms with Gasteiger partial charge in [0.2, 0.25) is 5.91 Å². The smallest absolute Gasteiger partial charge is 0.343 e. The normalized spacial score (nSPS) is 13.2. The van der Waals surface area contributed by atoms with Gasteiger partial charge in [-0.3, -0.25) is 4.79 Å². The Labute approximate surface area is 256 Å². The van der Waals surface area contributed by atoms with Gasteiger partial charge in [-0.05, 0) is 86.0 Å². The molecule has 1 amide bonds. The Hall–Kier alpha value is -5.31. The minimum absolute atomic E-state index is 0.0576. The Kier molecular flexibility index (Phi) is 8.57. The van der Waals surface area contributed by atoms with Gasteiger partial charge in [-0.1, -0.05) is 24.3 Å². The highest BCUT2D eigenvalue weighted by Crippen LogP contribution is 2.43. The van der Waals surface area contributed by atoms with Crippen LogP contribution in [0.1, 0.15) is 45.7 Å². The fourth-order valence-electron chi connectivity index (χ4n) is 5.05. The molecule has 44 heavy (non-hydrogen) atoms. The lowest BCUT2D eigenvalue weighted by molar-refractivity contribution is -0.119. The van der Waals surface area contributed by atoms with Crippen molar-refractivity contribution < 1.29 is 33.3 Å². The molecule has 4 aromatic rings. The average molecular weight is 595 g/mol. The van der Waals surface area contributed by atoms with Crippen molar-refractivity contribution in [1.29, 1.82) is 0 Å². The molecule has 0 bridgehead atoms. The first-order valence-corrected chi connectivity index (χ1v) is 14.1. The number of fused-ring (bicyclic) bond motifs is 1. The van der Waals surface area contributed by atoms with E-state index in [1.54, 1.807) is 75.6 Å². The summed E-state index contributed by atoms with van der Waals surface area (Å²) in [5.74, 6) is 0.292. The van der Waals surface area contributed by atoms with E-state index in [1.807, 2.05) is 31.2 Å². The number of hydrogen-bond acceptors (Lipinski definition) is 8. The summed E-state index contributed by atoms with van der Waals surface area (Å²) < 4.78 is 22.2. The zero-order valence-electron chi connectivity index (χ0n) is 25.3. The van der Waals surface area contributed by atoms with E-state index < -0.39 is 17.5 Å². The first-order valence-electron chi connectivity index (χ1n) is 14.1. The molecule has 0 radical (unpaired) electrons. The van der Waals surface area contributed by atoms with Crippen LogP contribution in [0.5, 0.6) is 17.2 Å². The molecule has 1 aliphatic rings. The number of carbonyl (C=O) groups is 3. The molecule has 2 N–H and O–H groups in total. The Balaban J connectivity index is 1.45. The first-order chi connectivity index (χ1) is 21.1. The second-order valence-corrected chi connectivity index (χ2v) is 10.9. The van der Waals surface area contributed by atoms with Gasteiger partial charge < -0.3 is 29.6 Å². The second kappa shape index (κ2) is 12.5. The third-order valence-corrected chi connectivity index (χ3v) is 7.52. The summed E-state index contributed by atoms with van der Waals surface area (Å²) >= 11 is 0. The maximum Gasteiger partial charge on any atom is 0.343 e. The van der Waals surface area contributed by atoms with E-state index in [1.165, 1.54) is 7.11 Å². The first kappa shape index (κ1) is 30.2. The van der Waals surface area contributed by atoms with Crippen molar-refractivity contribution in [1.82, 2.24) is 0 Å². The van der Waals surface area contributed by atoms with Gasteiger partial charge in [0.15, 0.2) is 0 Å². The third-order valence-electron chi connectivity index (χ3n) is 7.52. The average Bonchev–Trinajstić information content (AvgIpc) is 3.02. The van der Waals surface area contributed by atoms with Gasteiger partial charge >= 0.3 is 11.9 Å². The highest BCUT2D eigenvalue weighted by atomic mass is 16.5. The van der Waals surface area contributed by atoms with Crippen LogP contribution in [0, 0.1) is 6.92 Å². The molecule has 0 fully saturated rings. The number of anilines is 2. The maximum atomic E-state index is 13.0. The molecular formula is C35H34N2O7. The molecule has 9 heteroatoms.